The molecular weight excluding hydrogens is 250 g/mol. The summed E-state index contributed by atoms with van der Waals surface area (Å²) in [5.41, 5.74) is 0. The van der Waals surface area contributed by atoms with Crippen LogP contribution in [-0.4, -0.2) is 23.7 Å². The van der Waals surface area contributed by atoms with Crippen LogP contribution in [0.4, 0.5) is 0 Å². The molecule has 0 amide bonds. The molecule has 0 saturated carbocycles. The van der Waals surface area contributed by atoms with Gasteiger partial charge in [-0.1, -0.05) is 52.9 Å². The van der Waals surface area contributed by atoms with E-state index in [4.69, 9.17) is 5.11 Å². The Balaban J connectivity index is 0. The molecule has 0 aliphatic carbocycles. The van der Waals surface area contributed by atoms with Crippen molar-refractivity contribution >= 4 is 18.4 Å². The third kappa shape index (κ3) is 12.2. The number of hydrogen-bond donors (Lipinski definition) is 2. The van der Waals surface area contributed by atoms with Crippen molar-refractivity contribution < 1.29 is 9.90 Å². The molecule has 0 aromatic carbocycles. The largest absolute Gasteiger partial charge is 0.480 e. The van der Waals surface area contributed by atoms with E-state index < -0.39 is 5.97 Å². The maximum Gasteiger partial charge on any atom is 0.320 e. The van der Waals surface area contributed by atoms with Crippen LogP contribution in [0, 0.1) is 5.92 Å². The molecule has 0 fully saturated rings. The summed E-state index contributed by atoms with van der Waals surface area (Å²) in [7, 11) is 0. The molecule has 0 bridgehead atoms. The Morgan fingerprint density at radius 2 is 1.67 bits per heavy atom. The predicted octanol–water partition coefficient (Wildman–Crippen LogP) is 3.86. The van der Waals surface area contributed by atoms with E-state index in [0.717, 1.165) is 13.0 Å². The number of carbonyl (C=O) groups is 1. The Kier molecular flexibility index (Phi) is 14.7. The van der Waals surface area contributed by atoms with E-state index in [2.05, 4.69) is 26.1 Å². The number of carboxylic acids is 1. The van der Waals surface area contributed by atoms with Gasteiger partial charge in [-0.25, -0.2) is 0 Å². The zero-order valence-corrected chi connectivity index (χ0v) is 12.9. The lowest BCUT2D eigenvalue weighted by molar-refractivity contribution is -0.139. The quantitative estimate of drug-likeness (QED) is 0.565. The van der Waals surface area contributed by atoms with E-state index in [0.29, 0.717) is 12.3 Å². The van der Waals surface area contributed by atoms with Crippen LogP contribution in [-0.2, 0) is 4.79 Å². The van der Waals surface area contributed by atoms with Gasteiger partial charge in [0.05, 0.1) is 0 Å². The zero-order valence-electron chi connectivity index (χ0n) is 12.1. The average molecular weight is 280 g/mol. The molecule has 0 radical (unpaired) electrons. The number of rotatable bonds is 11. The van der Waals surface area contributed by atoms with Crippen LogP contribution in [0.2, 0.25) is 0 Å². The van der Waals surface area contributed by atoms with Crippen molar-refractivity contribution in [3.8, 4) is 0 Å². The van der Waals surface area contributed by atoms with Crippen LogP contribution in [0.1, 0.15) is 65.7 Å². The third-order valence-electron chi connectivity index (χ3n) is 2.93. The Bertz CT molecular complexity index is 198. The Hall–Kier alpha value is -0.280. The van der Waals surface area contributed by atoms with E-state index in [1.807, 2.05) is 0 Å². The first-order valence-corrected chi connectivity index (χ1v) is 7.04. The number of nitrogens with one attached hydrogen (secondary N) is 1. The number of halogens is 1. The van der Waals surface area contributed by atoms with Gasteiger partial charge in [0.2, 0.25) is 0 Å². The van der Waals surface area contributed by atoms with Crippen molar-refractivity contribution in [2.75, 3.05) is 6.54 Å². The summed E-state index contributed by atoms with van der Waals surface area (Å²) in [4.78, 5) is 11.0. The van der Waals surface area contributed by atoms with E-state index in [1.165, 1.54) is 32.1 Å². The highest BCUT2D eigenvalue weighted by Gasteiger charge is 2.17. The first-order valence-electron chi connectivity index (χ1n) is 7.04. The minimum atomic E-state index is -0.718. The van der Waals surface area contributed by atoms with Gasteiger partial charge in [-0.05, 0) is 25.3 Å². The maximum atomic E-state index is 11.0. The molecule has 0 aromatic rings. The topological polar surface area (TPSA) is 49.3 Å². The lowest BCUT2D eigenvalue weighted by Crippen LogP contribution is -2.38. The minimum absolute atomic E-state index is 0. The second-order valence-corrected chi connectivity index (χ2v) is 5.24. The van der Waals surface area contributed by atoms with Gasteiger partial charge in [0.1, 0.15) is 6.04 Å². The maximum absolute atomic E-state index is 11.0. The summed E-state index contributed by atoms with van der Waals surface area (Å²) in [6, 6.07) is -0.370. The van der Waals surface area contributed by atoms with Gasteiger partial charge in [0, 0.05) is 0 Å². The highest BCUT2D eigenvalue weighted by molar-refractivity contribution is 5.85. The van der Waals surface area contributed by atoms with E-state index in [-0.39, 0.29) is 18.4 Å². The summed E-state index contributed by atoms with van der Waals surface area (Å²) in [5, 5.41) is 12.2. The highest BCUT2D eigenvalue weighted by Crippen LogP contribution is 2.07. The standard InChI is InChI=1S/C14H29NO2.ClH/c1-4-5-6-7-8-9-10-15-13(14(16)17)11-12(2)3;/h12-13,15H,4-11H2,1-3H3,(H,16,17);1H. The second-order valence-electron chi connectivity index (χ2n) is 5.24. The second kappa shape index (κ2) is 13.2. The minimum Gasteiger partial charge on any atom is -0.480 e. The van der Waals surface area contributed by atoms with Crippen LogP contribution >= 0.6 is 12.4 Å². The van der Waals surface area contributed by atoms with Crippen molar-refractivity contribution in [1.82, 2.24) is 5.32 Å². The molecule has 4 heteroatoms. The smallest absolute Gasteiger partial charge is 0.320 e. The van der Waals surface area contributed by atoms with Gasteiger partial charge in [0.15, 0.2) is 0 Å². The van der Waals surface area contributed by atoms with Gasteiger partial charge in [-0.2, -0.15) is 0 Å². The van der Waals surface area contributed by atoms with Crippen molar-refractivity contribution in [3.05, 3.63) is 0 Å². The molecular formula is C14H30ClNO2. The molecule has 110 valence electrons. The summed E-state index contributed by atoms with van der Waals surface area (Å²) >= 11 is 0. The normalized spacial score (nSPS) is 12.2. The van der Waals surface area contributed by atoms with E-state index >= 15 is 0 Å². The molecule has 18 heavy (non-hydrogen) atoms. The summed E-state index contributed by atoms with van der Waals surface area (Å²) in [5.74, 6) is -0.294. The fraction of sp³-hybridized carbons (Fsp3) is 0.929. The highest BCUT2D eigenvalue weighted by atomic mass is 35.5. The molecule has 0 spiro atoms. The zero-order chi connectivity index (χ0) is 13.1. The molecule has 0 aliphatic rings. The SMILES string of the molecule is CCCCCCCCNC(CC(C)C)C(=O)O.Cl. The number of aliphatic carboxylic acids is 1. The first-order chi connectivity index (χ1) is 8.07. The van der Waals surface area contributed by atoms with Gasteiger partial charge in [-0.15, -0.1) is 12.4 Å². The lowest BCUT2D eigenvalue weighted by Gasteiger charge is -2.16. The Morgan fingerprint density at radius 3 is 2.17 bits per heavy atom. The molecule has 0 saturated heterocycles. The monoisotopic (exact) mass is 279 g/mol. The van der Waals surface area contributed by atoms with Crippen molar-refractivity contribution in [3.63, 3.8) is 0 Å². The predicted molar refractivity (Wildman–Crippen MR) is 79.5 cm³/mol. The molecule has 0 aromatic heterocycles. The van der Waals surface area contributed by atoms with E-state index in [1.54, 1.807) is 0 Å². The van der Waals surface area contributed by atoms with E-state index in [9.17, 15) is 4.79 Å². The summed E-state index contributed by atoms with van der Waals surface area (Å²) in [6.07, 6.45) is 8.19. The van der Waals surface area contributed by atoms with Crippen LogP contribution in [0.3, 0.4) is 0 Å². The van der Waals surface area contributed by atoms with Gasteiger partial charge < -0.3 is 10.4 Å². The number of hydrogen-bond acceptors (Lipinski definition) is 2. The lowest BCUT2D eigenvalue weighted by atomic mass is 10.0. The first kappa shape index (κ1) is 20.0. The number of carboxylic acid groups (broad SMARTS) is 1. The van der Waals surface area contributed by atoms with Crippen LogP contribution in [0.5, 0.6) is 0 Å². The molecule has 0 rings (SSSR count). The fourth-order valence-corrected chi connectivity index (χ4v) is 1.92. The molecule has 1 unspecified atom stereocenters. The van der Waals surface area contributed by atoms with Gasteiger partial charge in [-0.3, -0.25) is 4.79 Å². The molecule has 2 N–H and O–H groups in total. The average Bonchev–Trinajstić information content (AvgIpc) is 2.25. The molecule has 3 nitrogen and oxygen atoms in total. The van der Waals surface area contributed by atoms with Crippen LogP contribution in [0.15, 0.2) is 0 Å². The van der Waals surface area contributed by atoms with Crippen LogP contribution < -0.4 is 5.32 Å². The molecule has 0 aliphatic heterocycles. The van der Waals surface area contributed by atoms with Gasteiger partial charge in [0.25, 0.3) is 0 Å². The fourth-order valence-electron chi connectivity index (χ4n) is 1.92. The third-order valence-corrected chi connectivity index (χ3v) is 2.93. The molecule has 0 heterocycles. The van der Waals surface area contributed by atoms with Crippen molar-refractivity contribution in [1.29, 1.82) is 0 Å². The Labute approximate surface area is 118 Å². The molecule has 1 atom stereocenters. The van der Waals surface area contributed by atoms with Crippen molar-refractivity contribution in [2.45, 2.75) is 71.8 Å². The van der Waals surface area contributed by atoms with Crippen LogP contribution in [0.25, 0.3) is 0 Å². The van der Waals surface area contributed by atoms with Crippen molar-refractivity contribution in [2.24, 2.45) is 5.92 Å². The summed E-state index contributed by atoms with van der Waals surface area (Å²) < 4.78 is 0. The Morgan fingerprint density at radius 1 is 1.11 bits per heavy atom. The summed E-state index contributed by atoms with van der Waals surface area (Å²) in [6.45, 7) is 7.16. The number of unbranched alkanes of at least 4 members (excludes halogenated alkanes) is 5. The van der Waals surface area contributed by atoms with Gasteiger partial charge >= 0.3 is 5.97 Å².